The Labute approximate surface area is 239 Å². The number of nitrogens with two attached hydrogens (primary N) is 2. The predicted molar refractivity (Wildman–Crippen MR) is 161 cm³/mol. The summed E-state index contributed by atoms with van der Waals surface area (Å²) in [6, 6.07) is 17.6. The summed E-state index contributed by atoms with van der Waals surface area (Å²) in [5.74, 6) is -0.0800. The Balaban J connectivity index is 1.29. The van der Waals surface area contributed by atoms with Crippen molar-refractivity contribution in [2.75, 3.05) is 39.4 Å². The molecule has 1 saturated heterocycles. The second kappa shape index (κ2) is 13.7. The molecule has 4 aromatic rings. The Kier molecular flexibility index (Phi) is 9.58. The van der Waals surface area contributed by atoms with Crippen molar-refractivity contribution in [3.05, 3.63) is 82.4 Å². The fourth-order valence-electron chi connectivity index (χ4n) is 5.17. The van der Waals surface area contributed by atoms with Crippen LogP contribution in [-0.4, -0.2) is 70.8 Å². The number of fused-ring (bicyclic) bond motifs is 1. The van der Waals surface area contributed by atoms with Crippen molar-refractivity contribution >= 4 is 16.9 Å². The average Bonchev–Trinajstić information content (AvgIpc) is 3.42. The molecule has 0 bridgehead atoms. The second-order valence-electron chi connectivity index (χ2n) is 10.5. The molecule has 0 unspecified atom stereocenters. The number of amides is 1. The number of hydrogen-bond acceptors (Lipinski definition) is 7. The smallest absolute Gasteiger partial charge is 0.354 e. The van der Waals surface area contributed by atoms with Crippen LogP contribution in [0.3, 0.4) is 0 Å². The summed E-state index contributed by atoms with van der Waals surface area (Å²) in [5, 5.41) is 3.91. The Morgan fingerprint density at radius 2 is 1.71 bits per heavy atom. The van der Waals surface area contributed by atoms with Gasteiger partial charge in [0.05, 0.1) is 5.69 Å². The first kappa shape index (κ1) is 28.7. The van der Waals surface area contributed by atoms with Gasteiger partial charge in [-0.2, -0.15) is 4.98 Å². The van der Waals surface area contributed by atoms with Crippen molar-refractivity contribution in [3.8, 4) is 16.9 Å². The molecule has 5 rings (SSSR count). The van der Waals surface area contributed by atoms with Gasteiger partial charge in [0.15, 0.2) is 0 Å². The number of aromatic nitrogens is 3. The molecule has 6 N–H and O–H groups in total. The molecular formula is C31H39N7O3. The number of nitrogens with zero attached hydrogens (tertiary/aromatic N) is 3. The van der Waals surface area contributed by atoms with Gasteiger partial charge in [-0.15, -0.1) is 0 Å². The largest absolute Gasteiger partial charge is 0.381 e. The highest BCUT2D eigenvalue weighted by Crippen LogP contribution is 2.24. The summed E-state index contributed by atoms with van der Waals surface area (Å²) >= 11 is 0. The van der Waals surface area contributed by atoms with Gasteiger partial charge in [-0.25, -0.2) is 4.79 Å². The van der Waals surface area contributed by atoms with E-state index in [-0.39, 0.29) is 17.6 Å². The molecule has 0 atom stereocenters. The summed E-state index contributed by atoms with van der Waals surface area (Å²) in [6.45, 7) is 5.36. The zero-order valence-electron chi connectivity index (χ0n) is 23.4. The molecule has 3 heterocycles. The maximum atomic E-state index is 12.9. The maximum absolute atomic E-state index is 12.9. The van der Waals surface area contributed by atoms with E-state index in [1.807, 2.05) is 60.8 Å². The van der Waals surface area contributed by atoms with E-state index in [1.54, 1.807) is 4.57 Å². The van der Waals surface area contributed by atoms with Crippen LogP contribution in [0.5, 0.6) is 0 Å². The fourth-order valence-corrected chi connectivity index (χ4v) is 5.17. The van der Waals surface area contributed by atoms with Crippen LogP contribution in [0.2, 0.25) is 0 Å². The Bertz CT molecular complexity index is 1480. The molecule has 0 saturated carbocycles. The Morgan fingerprint density at radius 3 is 2.37 bits per heavy atom. The monoisotopic (exact) mass is 557 g/mol. The van der Waals surface area contributed by atoms with Gasteiger partial charge in [0.25, 0.3) is 5.91 Å². The quantitative estimate of drug-likeness (QED) is 0.210. The number of hydrogen-bond donors (Lipinski definition) is 4. The predicted octanol–water partition coefficient (Wildman–Crippen LogP) is 2.79. The van der Waals surface area contributed by atoms with Gasteiger partial charge >= 0.3 is 5.69 Å². The highest BCUT2D eigenvalue weighted by molar-refractivity contribution is 5.95. The van der Waals surface area contributed by atoms with Crippen molar-refractivity contribution in [3.63, 3.8) is 0 Å². The van der Waals surface area contributed by atoms with Crippen LogP contribution < -0.4 is 22.5 Å². The number of nitrogens with one attached hydrogen (secondary N) is 2. The maximum Gasteiger partial charge on any atom is 0.354 e. The van der Waals surface area contributed by atoms with Gasteiger partial charge in [-0.05, 0) is 93.3 Å². The van der Waals surface area contributed by atoms with Crippen molar-refractivity contribution in [1.82, 2.24) is 24.8 Å². The average molecular weight is 558 g/mol. The van der Waals surface area contributed by atoms with Crippen LogP contribution in [0, 0.1) is 0 Å². The van der Waals surface area contributed by atoms with E-state index in [0.29, 0.717) is 37.5 Å². The molecule has 1 fully saturated rings. The first-order chi connectivity index (χ1) is 20.0. The third-order valence-corrected chi connectivity index (χ3v) is 7.50. The minimum absolute atomic E-state index is 0.0800. The number of ether oxygens (including phenoxy) is 1. The summed E-state index contributed by atoms with van der Waals surface area (Å²) in [6.07, 6.45) is 5.36. The van der Waals surface area contributed by atoms with Gasteiger partial charge in [0.2, 0.25) is 0 Å². The van der Waals surface area contributed by atoms with E-state index < -0.39 is 0 Å². The lowest BCUT2D eigenvalue weighted by atomic mass is 10.1. The number of aromatic amines is 1. The van der Waals surface area contributed by atoms with Crippen LogP contribution >= 0.6 is 0 Å². The zero-order valence-corrected chi connectivity index (χ0v) is 23.4. The number of carbonyl (C=O) groups excluding carboxylic acids is 1. The lowest BCUT2D eigenvalue weighted by Gasteiger charge is -2.23. The molecule has 216 valence electrons. The first-order valence-electron chi connectivity index (χ1n) is 14.4. The normalized spacial score (nSPS) is 14.1. The molecule has 10 nitrogen and oxygen atoms in total. The van der Waals surface area contributed by atoms with E-state index in [1.165, 1.54) is 5.56 Å². The molecule has 2 aromatic heterocycles. The molecule has 1 aliphatic rings. The number of rotatable bonds is 12. The minimum atomic E-state index is -0.355. The van der Waals surface area contributed by atoms with E-state index in [9.17, 15) is 9.59 Å². The molecular weight excluding hydrogens is 518 g/mol. The summed E-state index contributed by atoms with van der Waals surface area (Å²) < 4.78 is 6.93. The molecule has 0 aliphatic carbocycles. The molecule has 0 spiro atoms. The van der Waals surface area contributed by atoms with Gasteiger partial charge in [-0.3, -0.25) is 14.3 Å². The van der Waals surface area contributed by atoms with E-state index >= 15 is 0 Å². The molecule has 0 radical (unpaired) electrons. The standard InChI is InChI=1S/C31H39N7O3/c32-13-1-15-37(16-2-14-33)20-22-3-9-27(10-4-22)38-21-25-19-28(35-29(25)36-31(38)40)23-5-7-24(8-6-23)30(39)34-26-11-17-41-18-12-26/h3-10,19,21,26H,1-2,11-18,20,32-33H2,(H,34,39)(H,35,36,40). The van der Waals surface area contributed by atoms with Crippen molar-refractivity contribution in [2.45, 2.75) is 38.3 Å². The molecule has 1 aliphatic heterocycles. The number of H-pyrrole nitrogens is 1. The number of carbonyl (C=O) groups is 1. The topological polar surface area (TPSA) is 144 Å². The van der Waals surface area contributed by atoms with Crippen molar-refractivity contribution in [2.24, 2.45) is 11.5 Å². The van der Waals surface area contributed by atoms with Crippen LogP contribution in [0.1, 0.15) is 41.6 Å². The first-order valence-corrected chi connectivity index (χ1v) is 14.4. The SMILES string of the molecule is NCCCN(CCCN)Cc1ccc(-n2cc3cc(-c4ccc(C(=O)NC5CCOCC5)cc4)[nH]c3nc2=O)cc1. The minimum Gasteiger partial charge on any atom is -0.381 e. The molecule has 1 amide bonds. The van der Waals surface area contributed by atoms with E-state index in [0.717, 1.165) is 67.6 Å². The highest BCUT2D eigenvalue weighted by Gasteiger charge is 2.17. The van der Waals surface area contributed by atoms with Crippen LogP contribution in [0.25, 0.3) is 28.0 Å². The second-order valence-corrected chi connectivity index (χ2v) is 10.5. The third kappa shape index (κ3) is 7.28. The van der Waals surface area contributed by atoms with E-state index in [4.69, 9.17) is 16.2 Å². The Hall–Kier alpha value is -3.83. The van der Waals surface area contributed by atoms with Crippen LogP contribution in [0.4, 0.5) is 0 Å². The van der Waals surface area contributed by atoms with Crippen molar-refractivity contribution in [1.29, 1.82) is 0 Å². The lowest BCUT2D eigenvalue weighted by Crippen LogP contribution is -2.38. The molecule has 10 heteroatoms. The van der Waals surface area contributed by atoms with Gasteiger partial charge < -0.3 is 26.5 Å². The van der Waals surface area contributed by atoms with Gasteiger partial charge in [-0.1, -0.05) is 24.3 Å². The van der Waals surface area contributed by atoms with Gasteiger partial charge in [0, 0.05) is 48.6 Å². The van der Waals surface area contributed by atoms with Crippen LogP contribution in [-0.2, 0) is 11.3 Å². The third-order valence-electron chi connectivity index (χ3n) is 7.50. The summed E-state index contributed by atoms with van der Waals surface area (Å²) in [5.41, 5.74) is 15.8. The summed E-state index contributed by atoms with van der Waals surface area (Å²) in [4.78, 5) is 35.5. The molecule has 41 heavy (non-hydrogen) atoms. The van der Waals surface area contributed by atoms with Crippen molar-refractivity contribution < 1.29 is 9.53 Å². The van der Waals surface area contributed by atoms with Crippen LogP contribution in [0.15, 0.2) is 65.6 Å². The lowest BCUT2D eigenvalue weighted by molar-refractivity contribution is 0.0696. The highest BCUT2D eigenvalue weighted by atomic mass is 16.5. The Morgan fingerprint density at radius 1 is 1.02 bits per heavy atom. The zero-order chi connectivity index (χ0) is 28.6. The van der Waals surface area contributed by atoms with Gasteiger partial charge in [0.1, 0.15) is 5.65 Å². The van der Waals surface area contributed by atoms with E-state index in [2.05, 4.69) is 20.2 Å². The summed E-state index contributed by atoms with van der Waals surface area (Å²) in [7, 11) is 0. The molecule has 2 aromatic carbocycles. The fraction of sp³-hybridized carbons (Fsp3) is 0.387. The number of benzene rings is 2.